The summed E-state index contributed by atoms with van der Waals surface area (Å²) in [5.74, 6) is -2.29. The predicted molar refractivity (Wildman–Crippen MR) is 55.5 cm³/mol. The molecule has 0 heterocycles. The largest absolute Gasteiger partial charge is 0.481 e. The number of hydrogen-bond donors (Lipinski definition) is 3. The second kappa shape index (κ2) is 4.51. The predicted octanol–water partition coefficient (Wildman–Crippen LogP) is -0.651. The summed E-state index contributed by atoms with van der Waals surface area (Å²) in [6.07, 6.45) is 1.06. The Morgan fingerprint density at radius 2 is 1.88 bits per heavy atom. The lowest BCUT2D eigenvalue weighted by molar-refractivity contribution is -0.141. The van der Waals surface area contributed by atoms with Gasteiger partial charge in [0.25, 0.3) is 0 Å². The average molecular weight is 228 g/mol. The molecule has 1 aliphatic rings. The van der Waals surface area contributed by atoms with Crippen molar-refractivity contribution in [2.24, 2.45) is 11.3 Å². The molecule has 0 radical (unpaired) electrons. The maximum atomic E-state index is 11.7. The van der Waals surface area contributed by atoms with Crippen LogP contribution in [0.2, 0.25) is 0 Å². The highest BCUT2D eigenvalue weighted by Gasteiger charge is 2.56. The topological polar surface area (TPSA) is 95.5 Å². The molecule has 1 atom stereocenters. The lowest BCUT2D eigenvalue weighted by Crippen LogP contribution is -2.43. The Balaban J connectivity index is 2.47. The maximum absolute atomic E-state index is 11.7. The minimum absolute atomic E-state index is 0.0485. The molecule has 0 aliphatic heterocycles. The van der Waals surface area contributed by atoms with Crippen molar-refractivity contribution in [3.63, 3.8) is 0 Å². The van der Waals surface area contributed by atoms with Crippen LogP contribution >= 0.6 is 0 Å². The van der Waals surface area contributed by atoms with E-state index in [9.17, 15) is 14.4 Å². The fourth-order valence-electron chi connectivity index (χ4n) is 1.42. The Bertz CT molecular complexity index is 323. The summed E-state index contributed by atoms with van der Waals surface area (Å²) in [4.78, 5) is 33.7. The lowest BCUT2D eigenvalue weighted by atomic mass is 10.0. The zero-order valence-corrected chi connectivity index (χ0v) is 9.37. The van der Waals surface area contributed by atoms with Gasteiger partial charge in [-0.15, -0.1) is 0 Å². The van der Waals surface area contributed by atoms with Gasteiger partial charge in [0, 0.05) is 13.6 Å². The van der Waals surface area contributed by atoms with Crippen molar-refractivity contribution in [1.29, 1.82) is 0 Å². The third-order valence-corrected chi connectivity index (χ3v) is 2.84. The molecule has 1 rings (SSSR count). The molecule has 3 N–H and O–H groups in total. The van der Waals surface area contributed by atoms with E-state index in [-0.39, 0.29) is 18.4 Å². The molecular weight excluding hydrogens is 212 g/mol. The SMILES string of the molecule is CNC(=O)C1(C(=O)NCC(C)C(=O)O)CC1. The van der Waals surface area contributed by atoms with E-state index in [0.29, 0.717) is 12.8 Å². The van der Waals surface area contributed by atoms with Crippen LogP contribution in [0.1, 0.15) is 19.8 Å². The second-order valence-electron chi connectivity index (χ2n) is 4.11. The van der Waals surface area contributed by atoms with Gasteiger partial charge in [-0.3, -0.25) is 14.4 Å². The van der Waals surface area contributed by atoms with Crippen LogP contribution in [0.25, 0.3) is 0 Å². The molecule has 0 spiro atoms. The molecular formula is C10H16N2O4. The van der Waals surface area contributed by atoms with E-state index in [1.165, 1.54) is 14.0 Å². The van der Waals surface area contributed by atoms with Crippen LogP contribution in [0, 0.1) is 11.3 Å². The van der Waals surface area contributed by atoms with Gasteiger partial charge in [-0.1, -0.05) is 6.92 Å². The molecule has 6 heteroatoms. The van der Waals surface area contributed by atoms with Gasteiger partial charge in [0.15, 0.2) is 0 Å². The van der Waals surface area contributed by atoms with Crippen molar-refractivity contribution >= 4 is 17.8 Å². The second-order valence-corrected chi connectivity index (χ2v) is 4.11. The van der Waals surface area contributed by atoms with Crippen LogP contribution in [0.4, 0.5) is 0 Å². The summed E-state index contributed by atoms with van der Waals surface area (Å²) in [7, 11) is 1.48. The summed E-state index contributed by atoms with van der Waals surface area (Å²) >= 11 is 0. The molecule has 1 fully saturated rings. The summed E-state index contributed by atoms with van der Waals surface area (Å²) in [6, 6.07) is 0. The monoisotopic (exact) mass is 228 g/mol. The molecule has 0 aromatic rings. The molecule has 1 unspecified atom stereocenters. The van der Waals surface area contributed by atoms with E-state index in [2.05, 4.69) is 10.6 Å². The molecule has 90 valence electrons. The van der Waals surface area contributed by atoms with Gasteiger partial charge < -0.3 is 15.7 Å². The van der Waals surface area contributed by atoms with E-state index >= 15 is 0 Å². The number of carboxylic acid groups (broad SMARTS) is 1. The number of nitrogens with one attached hydrogen (secondary N) is 2. The van der Waals surface area contributed by atoms with Gasteiger partial charge in [-0.05, 0) is 12.8 Å². The van der Waals surface area contributed by atoms with Crippen molar-refractivity contribution in [3.05, 3.63) is 0 Å². The van der Waals surface area contributed by atoms with Crippen molar-refractivity contribution in [2.45, 2.75) is 19.8 Å². The highest BCUT2D eigenvalue weighted by atomic mass is 16.4. The minimum atomic E-state index is -0.968. The Hall–Kier alpha value is -1.59. The van der Waals surface area contributed by atoms with Gasteiger partial charge >= 0.3 is 5.97 Å². The zero-order valence-electron chi connectivity index (χ0n) is 9.37. The number of carbonyl (C=O) groups excluding carboxylic acids is 2. The van der Waals surface area contributed by atoms with Crippen LogP contribution in [0.3, 0.4) is 0 Å². The fraction of sp³-hybridized carbons (Fsp3) is 0.700. The molecule has 0 bridgehead atoms. The molecule has 2 amide bonds. The molecule has 16 heavy (non-hydrogen) atoms. The Morgan fingerprint density at radius 3 is 2.25 bits per heavy atom. The third kappa shape index (κ3) is 2.32. The Kier molecular flexibility index (Phi) is 3.51. The number of aliphatic carboxylic acids is 1. The molecule has 6 nitrogen and oxygen atoms in total. The first-order valence-electron chi connectivity index (χ1n) is 5.17. The van der Waals surface area contributed by atoms with E-state index in [1.807, 2.05) is 0 Å². The van der Waals surface area contributed by atoms with E-state index in [0.717, 1.165) is 0 Å². The molecule has 0 aromatic heterocycles. The van der Waals surface area contributed by atoms with Crippen LogP contribution in [-0.2, 0) is 14.4 Å². The quantitative estimate of drug-likeness (QED) is 0.545. The summed E-state index contributed by atoms with van der Waals surface area (Å²) in [5.41, 5.74) is -0.951. The first kappa shape index (κ1) is 12.5. The van der Waals surface area contributed by atoms with E-state index in [1.54, 1.807) is 0 Å². The lowest BCUT2D eigenvalue weighted by Gasteiger charge is -2.14. The Labute approximate surface area is 93.4 Å². The van der Waals surface area contributed by atoms with Gasteiger partial charge in [-0.2, -0.15) is 0 Å². The van der Waals surface area contributed by atoms with Gasteiger partial charge in [0.2, 0.25) is 11.8 Å². The van der Waals surface area contributed by atoms with Crippen LogP contribution in [-0.4, -0.2) is 36.5 Å². The fourth-order valence-corrected chi connectivity index (χ4v) is 1.42. The van der Waals surface area contributed by atoms with Crippen molar-refractivity contribution in [3.8, 4) is 0 Å². The summed E-state index contributed by atoms with van der Waals surface area (Å²) in [6.45, 7) is 1.55. The molecule has 1 aliphatic carbocycles. The molecule has 0 aromatic carbocycles. The van der Waals surface area contributed by atoms with Crippen molar-refractivity contribution in [1.82, 2.24) is 10.6 Å². The van der Waals surface area contributed by atoms with E-state index < -0.39 is 17.3 Å². The van der Waals surface area contributed by atoms with Crippen LogP contribution in [0.5, 0.6) is 0 Å². The van der Waals surface area contributed by atoms with Crippen molar-refractivity contribution < 1.29 is 19.5 Å². The standard InChI is InChI=1S/C10H16N2O4/c1-6(7(13)14)5-12-9(16)10(3-4-10)8(15)11-2/h6H,3-5H2,1-2H3,(H,11,15)(H,12,16)(H,13,14). The minimum Gasteiger partial charge on any atom is -0.481 e. The highest BCUT2D eigenvalue weighted by Crippen LogP contribution is 2.45. The normalized spacial score (nSPS) is 18.4. The molecule has 0 saturated heterocycles. The molecule has 1 saturated carbocycles. The van der Waals surface area contributed by atoms with Crippen LogP contribution in [0.15, 0.2) is 0 Å². The van der Waals surface area contributed by atoms with Gasteiger partial charge in [0.05, 0.1) is 5.92 Å². The number of carbonyl (C=O) groups is 3. The smallest absolute Gasteiger partial charge is 0.308 e. The summed E-state index contributed by atoms with van der Waals surface area (Å²) < 4.78 is 0. The van der Waals surface area contributed by atoms with E-state index in [4.69, 9.17) is 5.11 Å². The highest BCUT2D eigenvalue weighted by molar-refractivity contribution is 6.07. The maximum Gasteiger partial charge on any atom is 0.308 e. The van der Waals surface area contributed by atoms with Crippen molar-refractivity contribution in [2.75, 3.05) is 13.6 Å². The first-order valence-corrected chi connectivity index (χ1v) is 5.17. The van der Waals surface area contributed by atoms with Gasteiger partial charge in [-0.25, -0.2) is 0 Å². The number of carboxylic acids is 1. The van der Waals surface area contributed by atoms with Gasteiger partial charge in [0.1, 0.15) is 5.41 Å². The number of hydrogen-bond acceptors (Lipinski definition) is 3. The average Bonchev–Trinajstić information content (AvgIpc) is 3.05. The first-order chi connectivity index (χ1) is 7.44. The Morgan fingerprint density at radius 1 is 1.31 bits per heavy atom. The number of amides is 2. The summed E-state index contributed by atoms with van der Waals surface area (Å²) in [5, 5.41) is 13.6. The number of rotatable bonds is 5. The third-order valence-electron chi connectivity index (χ3n) is 2.84. The van der Waals surface area contributed by atoms with Crippen LogP contribution < -0.4 is 10.6 Å². The zero-order chi connectivity index (χ0) is 12.3.